The number of benzene rings is 1. The lowest BCUT2D eigenvalue weighted by molar-refractivity contribution is -0.145. The fourth-order valence-corrected chi connectivity index (χ4v) is 4.09. The standard InChI is InChI=1S/C20H26N2O4/c1-3-25-17(23)13-26-15-9-7-14(8-10-15)12-21-22-19(24)18-16-6-4-5-11-20(16,18)2/h7-10,12,16,18H,3-6,11,13H2,1-2H3,(H,22,24)/b21-12-/t16-,18+,20-/m1/s1. The minimum atomic E-state index is -0.393. The van der Waals surface area contributed by atoms with E-state index in [2.05, 4.69) is 17.5 Å². The number of carbonyl (C=O) groups excluding carboxylic acids is 2. The quantitative estimate of drug-likeness (QED) is 0.462. The zero-order valence-electron chi connectivity index (χ0n) is 15.4. The number of amides is 1. The number of rotatable bonds is 7. The molecule has 2 saturated carbocycles. The molecule has 0 radical (unpaired) electrons. The lowest BCUT2D eigenvalue weighted by atomic mass is 9.90. The highest BCUT2D eigenvalue weighted by Gasteiger charge is 2.64. The molecule has 6 heteroatoms. The van der Waals surface area contributed by atoms with E-state index in [1.54, 1.807) is 25.3 Å². The Morgan fingerprint density at radius 2 is 2.08 bits per heavy atom. The van der Waals surface area contributed by atoms with Gasteiger partial charge in [-0.15, -0.1) is 0 Å². The van der Waals surface area contributed by atoms with Crippen LogP contribution in [-0.4, -0.2) is 31.3 Å². The van der Waals surface area contributed by atoms with E-state index in [0.29, 0.717) is 18.3 Å². The third-order valence-corrected chi connectivity index (χ3v) is 5.54. The van der Waals surface area contributed by atoms with Crippen molar-refractivity contribution in [1.82, 2.24) is 5.43 Å². The molecule has 3 rings (SSSR count). The fraction of sp³-hybridized carbons (Fsp3) is 0.550. The molecule has 1 amide bonds. The number of hydrogen-bond donors (Lipinski definition) is 1. The van der Waals surface area contributed by atoms with Crippen molar-refractivity contribution < 1.29 is 19.1 Å². The maximum Gasteiger partial charge on any atom is 0.344 e. The second-order valence-corrected chi connectivity index (χ2v) is 7.23. The minimum Gasteiger partial charge on any atom is -0.482 e. The van der Waals surface area contributed by atoms with Crippen LogP contribution < -0.4 is 10.2 Å². The van der Waals surface area contributed by atoms with Crippen molar-refractivity contribution in [3.05, 3.63) is 29.8 Å². The first-order chi connectivity index (χ1) is 12.5. The van der Waals surface area contributed by atoms with Gasteiger partial charge in [0.15, 0.2) is 6.61 Å². The maximum atomic E-state index is 12.3. The van der Waals surface area contributed by atoms with Crippen LogP contribution >= 0.6 is 0 Å². The first-order valence-electron chi connectivity index (χ1n) is 9.26. The summed E-state index contributed by atoms with van der Waals surface area (Å²) in [5.41, 5.74) is 3.71. The molecule has 0 aromatic heterocycles. The van der Waals surface area contributed by atoms with Crippen LogP contribution in [0.2, 0.25) is 0 Å². The average Bonchev–Trinajstić information content (AvgIpc) is 3.27. The van der Waals surface area contributed by atoms with Gasteiger partial charge in [0, 0.05) is 5.92 Å². The van der Waals surface area contributed by atoms with E-state index in [-0.39, 0.29) is 23.8 Å². The third kappa shape index (κ3) is 4.06. The van der Waals surface area contributed by atoms with Crippen molar-refractivity contribution >= 4 is 18.1 Å². The van der Waals surface area contributed by atoms with E-state index in [9.17, 15) is 9.59 Å². The van der Waals surface area contributed by atoms with Crippen LogP contribution in [-0.2, 0) is 14.3 Å². The monoisotopic (exact) mass is 358 g/mol. The second-order valence-electron chi connectivity index (χ2n) is 7.23. The van der Waals surface area contributed by atoms with Gasteiger partial charge in [0.05, 0.1) is 12.8 Å². The zero-order chi connectivity index (χ0) is 18.6. The van der Waals surface area contributed by atoms with Gasteiger partial charge in [0.1, 0.15) is 5.75 Å². The summed E-state index contributed by atoms with van der Waals surface area (Å²) < 4.78 is 10.1. The summed E-state index contributed by atoms with van der Waals surface area (Å²) in [7, 11) is 0. The van der Waals surface area contributed by atoms with Crippen molar-refractivity contribution in [1.29, 1.82) is 0 Å². The Hall–Kier alpha value is -2.37. The van der Waals surface area contributed by atoms with Crippen molar-refractivity contribution in [3.8, 4) is 5.75 Å². The first-order valence-corrected chi connectivity index (χ1v) is 9.26. The molecule has 2 fully saturated rings. The predicted octanol–water partition coefficient (Wildman–Crippen LogP) is 2.90. The first kappa shape index (κ1) is 18.4. The number of nitrogens with one attached hydrogen (secondary N) is 1. The zero-order valence-corrected chi connectivity index (χ0v) is 15.4. The molecule has 2 aliphatic carbocycles. The van der Waals surface area contributed by atoms with Gasteiger partial charge in [0.2, 0.25) is 5.91 Å². The van der Waals surface area contributed by atoms with Crippen molar-refractivity contribution in [3.63, 3.8) is 0 Å². The van der Waals surface area contributed by atoms with E-state index in [0.717, 1.165) is 18.4 Å². The third-order valence-electron chi connectivity index (χ3n) is 5.54. The number of esters is 1. The van der Waals surface area contributed by atoms with Gasteiger partial charge < -0.3 is 9.47 Å². The Balaban J connectivity index is 1.45. The Kier molecular flexibility index (Phi) is 5.59. The molecular weight excluding hydrogens is 332 g/mol. The number of nitrogens with zero attached hydrogens (tertiary/aromatic N) is 1. The summed E-state index contributed by atoms with van der Waals surface area (Å²) in [4.78, 5) is 23.6. The van der Waals surface area contributed by atoms with Gasteiger partial charge in [-0.1, -0.05) is 19.8 Å². The molecule has 0 spiro atoms. The van der Waals surface area contributed by atoms with Crippen molar-refractivity contribution in [2.75, 3.05) is 13.2 Å². The molecule has 0 aliphatic heterocycles. The van der Waals surface area contributed by atoms with Crippen LogP contribution in [0.15, 0.2) is 29.4 Å². The summed E-state index contributed by atoms with van der Waals surface area (Å²) in [5.74, 6) is 0.859. The highest BCUT2D eigenvalue weighted by atomic mass is 16.6. The molecule has 0 saturated heterocycles. The van der Waals surface area contributed by atoms with Gasteiger partial charge in [-0.25, -0.2) is 10.2 Å². The smallest absolute Gasteiger partial charge is 0.344 e. The Morgan fingerprint density at radius 3 is 2.73 bits per heavy atom. The van der Waals surface area contributed by atoms with E-state index in [1.165, 1.54) is 12.8 Å². The molecule has 1 N–H and O–H groups in total. The normalized spacial score (nSPS) is 26.8. The lowest BCUT2D eigenvalue weighted by Gasteiger charge is -2.15. The van der Waals surface area contributed by atoms with Crippen LogP contribution in [0.5, 0.6) is 5.75 Å². The number of fused-ring (bicyclic) bond motifs is 1. The van der Waals surface area contributed by atoms with Crippen molar-refractivity contribution in [2.24, 2.45) is 22.4 Å². The van der Waals surface area contributed by atoms with Crippen molar-refractivity contribution in [2.45, 2.75) is 39.5 Å². The minimum absolute atomic E-state index is 0.0324. The topological polar surface area (TPSA) is 77.0 Å². The molecule has 0 bridgehead atoms. The molecule has 6 nitrogen and oxygen atoms in total. The summed E-state index contributed by atoms with van der Waals surface area (Å²) in [5, 5.41) is 4.08. The van der Waals surface area contributed by atoms with E-state index >= 15 is 0 Å². The molecule has 2 aliphatic rings. The van der Waals surface area contributed by atoms with Gasteiger partial charge in [0.25, 0.3) is 0 Å². The van der Waals surface area contributed by atoms with E-state index in [1.807, 2.05) is 12.1 Å². The van der Waals surface area contributed by atoms with E-state index in [4.69, 9.17) is 9.47 Å². The molecule has 1 aromatic carbocycles. The maximum absolute atomic E-state index is 12.3. The number of ether oxygens (including phenoxy) is 2. The highest BCUT2D eigenvalue weighted by Crippen LogP contribution is 2.66. The number of hydrazone groups is 1. The van der Waals surface area contributed by atoms with Gasteiger partial charge >= 0.3 is 5.97 Å². The fourth-order valence-electron chi connectivity index (χ4n) is 4.09. The molecule has 3 atom stereocenters. The number of hydrogen-bond acceptors (Lipinski definition) is 5. The van der Waals surface area contributed by atoms with Crippen LogP contribution in [0.3, 0.4) is 0 Å². The van der Waals surface area contributed by atoms with Gasteiger partial charge in [-0.3, -0.25) is 4.79 Å². The molecule has 0 unspecified atom stereocenters. The summed E-state index contributed by atoms with van der Waals surface area (Å²) in [6.45, 7) is 4.20. The molecule has 0 heterocycles. The number of carbonyl (C=O) groups is 2. The lowest BCUT2D eigenvalue weighted by Crippen LogP contribution is -2.22. The molecular formula is C20H26N2O4. The predicted molar refractivity (Wildman–Crippen MR) is 97.9 cm³/mol. The van der Waals surface area contributed by atoms with Crippen LogP contribution in [0.1, 0.15) is 45.1 Å². The highest BCUT2D eigenvalue weighted by molar-refractivity contribution is 5.86. The average molecular weight is 358 g/mol. The Labute approximate surface area is 153 Å². The molecule has 26 heavy (non-hydrogen) atoms. The Morgan fingerprint density at radius 1 is 1.31 bits per heavy atom. The largest absolute Gasteiger partial charge is 0.482 e. The second kappa shape index (κ2) is 7.89. The molecule has 1 aromatic rings. The van der Waals surface area contributed by atoms with Crippen LogP contribution in [0.4, 0.5) is 0 Å². The van der Waals surface area contributed by atoms with Crippen LogP contribution in [0.25, 0.3) is 0 Å². The Bertz CT molecular complexity index is 686. The SMILES string of the molecule is CCOC(=O)COc1ccc(/C=N\NC(=O)[C@@H]2[C@H]3CCCC[C@]32C)cc1. The van der Waals surface area contributed by atoms with E-state index < -0.39 is 5.97 Å². The summed E-state index contributed by atoms with van der Waals surface area (Å²) in [6, 6.07) is 7.13. The molecule has 140 valence electrons. The van der Waals surface area contributed by atoms with Gasteiger partial charge in [-0.05, 0) is 60.9 Å². The van der Waals surface area contributed by atoms with Crippen LogP contribution in [0, 0.1) is 17.3 Å². The summed E-state index contributed by atoms with van der Waals surface area (Å²) in [6.07, 6.45) is 6.38. The van der Waals surface area contributed by atoms with Gasteiger partial charge in [-0.2, -0.15) is 5.10 Å². The summed E-state index contributed by atoms with van der Waals surface area (Å²) >= 11 is 0.